The largest absolute Gasteiger partial charge is 0.367 e. The van der Waals surface area contributed by atoms with Gasteiger partial charge in [-0.2, -0.15) is 0 Å². The molecule has 1 fully saturated rings. The van der Waals surface area contributed by atoms with Crippen LogP contribution in [0.3, 0.4) is 0 Å². The Morgan fingerprint density at radius 2 is 2.25 bits per heavy atom. The van der Waals surface area contributed by atoms with E-state index in [9.17, 15) is 0 Å². The van der Waals surface area contributed by atoms with Crippen molar-refractivity contribution in [1.29, 1.82) is 0 Å². The summed E-state index contributed by atoms with van der Waals surface area (Å²) in [5, 5.41) is 4.94. The lowest BCUT2D eigenvalue weighted by Crippen LogP contribution is -2.32. The number of aromatic nitrogens is 3. The Kier molecular flexibility index (Phi) is 1.92. The number of nitrogens with zero attached hydrogens (tertiary/aromatic N) is 3. The fourth-order valence-electron chi connectivity index (χ4n) is 2.36. The zero-order valence-corrected chi connectivity index (χ0v) is 9.83. The molecule has 5 heteroatoms. The minimum absolute atomic E-state index is 0.191. The minimum atomic E-state index is 0.191. The molecule has 0 bridgehead atoms. The summed E-state index contributed by atoms with van der Waals surface area (Å²) in [4.78, 5) is 3.97. The number of nitrogens with two attached hydrogens (primary N) is 1. The van der Waals surface area contributed by atoms with Crippen molar-refractivity contribution < 1.29 is 0 Å². The zero-order chi connectivity index (χ0) is 11.3. The van der Waals surface area contributed by atoms with Crippen LogP contribution in [0.4, 0.5) is 5.95 Å². The van der Waals surface area contributed by atoms with Gasteiger partial charge in [-0.05, 0) is 18.9 Å². The van der Waals surface area contributed by atoms with Gasteiger partial charge < -0.3 is 5.73 Å². The van der Waals surface area contributed by atoms with E-state index in [4.69, 9.17) is 17.3 Å². The Balaban J connectivity index is 2.28. The summed E-state index contributed by atoms with van der Waals surface area (Å²) < 4.78 is 1.84. The highest BCUT2D eigenvalue weighted by Gasteiger charge is 2.36. The molecule has 4 nitrogen and oxygen atoms in total. The molecule has 0 aromatic carbocycles. The molecule has 84 valence electrons. The van der Waals surface area contributed by atoms with Gasteiger partial charge in [0.05, 0.1) is 16.9 Å². The molecule has 0 spiro atoms. The summed E-state index contributed by atoms with van der Waals surface area (Å²) in [5.74, 6) is 0.281. The van der Waals surface area contributed by atoms with E-state index < -0.39 is 0 Å². The number of hydrogen-bond donors (Lipinski definition) is 1. The normalized spacial score (nSPS) is 18.6. The van der Waals surface area contributed by atoms with E-state index in [0.717, 1.165) is 11.2 Å². The first-order valence-electron chi connectivity index (χ1n) is 5.40. The fourth-order valence-corrected chi connectivity index (χ4v) is 2.59. The molecule has 2 heterocycles. The predicted octanol–water partition coefficient (Wildman–Crippen LogP) is 2.41. The summed E-state index contributed by atoms with van der Waals surface area (Å²) in [5.41, 5.74) is 7.79. The van der Waals surface area contributed by atoms with Crippen molar-refractivity contribution in [2.75, 3.05) is 5.73 Å². The van der Waals surface area contributed by atoms with E-state index in [1.54, 1.807) is 6.20 Å². The second-order valence-corrected chi connectivity index (χ2v) is 5.11. The van der Waals surface area contributed by atoms with Crippen molar-refractivity contribution in [2.24, 2.45) is 0 Å². The molecule has 1 saturated carbocycles. The molecule has 1 aliphatic carbocycles. The molecule has 0 saturated heterocycles. The second kappa shape index (κ2) is 3.10. The minimum Gasteiger partial charge on any atom is -0.367 e. The van der Waals surface area contributed by atoms with Crippen molar-refractivity contribution >= 4 is 23.1 Å². The van der Waals surface area contributed by atoms with E-state index in [1.807, 2.05) is 10.6 Å². The van der Waals surface area contributed by atoms with Crippen LogP contribution in [0.1, 0.15) is 31.9 Å². The summed E-state index contributed by atoms with van der Waals surface area (Å²) in [7, 11) is 0. The van der Waals surface area contributed by atoms with Crippen molar-refractivity contribution in [3.8, 4) is 0 Å². The predicted molar refractivity (Wildman–Crippen MR) is 63.6 cm³/mol. The maximum atomic E-state index is 6.18. The highest BCUT2D eigenvalue weighted by atomic mass is 35.5. The van der Waals surface area contributed by atoms with Crippen molar-refractivity contribution in [2.45, 2.75) is 31.6 Å². The van der Waals surface area contributed by atoms with Gasteiger partial charge in [-0.25, -0.2) is 9.50 Å². The van der Waals surface area contributed by atoms with Crippen LogP contribution in [-0.4, -0.2) is 14.6 Å². The maximum absolute atomic E-state index is 6.18. The van der Waals surface area contributed by atoms with Gasteiger partial charge in [0.1, 0.15) is 5.52 Å². The van der Waals surface area contributed by atoms with Crippen LogP contribution in [-0.2, 0) is 5.41 Å². The standard InChI is InChI=1S/C11H13ClN4/c1-11(3-2-4-11)9-5-7(12)8-6-14-10(13)15-16(8)9/h5-6H,2-4H2,1H3,(H2,13,15). The maximum Gasteiger partial charge on any atom is 0.238 e. The molecule has 0 atom stereocenters. The Labute approximate surface area is 98.4 Å². The molecule has 0 amide bonds. The van der Waals surface area contributed by atoms with Crippen LogP contribution in [0, 0.1) is 0 Å². The highest BCUT2D eigenvalue weighted by molar-refractivity contribution is 6.34. The SMILES string of the molecule is CC1(c2cc(Cl)c3cnc(N)nn23)CCC1. The van der Waals surface area contributed by atoms with Gasteiger partial charge in [0, 0.05) is 5.41 Å². The summed E-state index contributed by atoms with van der Waals surface area (Å²) in [6, 6.07) is 1.99. The lowest BCUT2D eigenvalue weighted by atomic mass is 9.68. The van der Waals surface area contributed by atoms with Crippen LogP contribution in [0.25, 0.3) is 5.52 Å². The van der Waals surface area contributed by atoms with Crippen LogP contribution < -0.4 is 5.73 Å². The van der Waals surface area contributed by atoms with Gasteiger partial charge in [-0.15, -0.1) is 5.10 Å². The molecule has 0 radical (unpaired) electrons. The number of hydrogen-bond acceptors (Lipinski definition) is 3. The molecular weight excluding hydrogens is 224 g/mol. The number of rotatable bonds is 1. The lowest BCUT2D eigenvalue weighted by molar-refractivity contribution is 0.260. The van der Waals surface area contributed by atoms with Gasteiger partial charge in [0.2, 0.25) is 5.95 Å². The van der Waals surface area contributed by atoms with E-state index in [-0.39, 0.29) is 11.4 Å². The highest BCUT2D eigenvalue weighted by Crippen LogP contribution is 2.44. The van der Waals surface area contributed by atoms with E-state index >= 15 is 0 Å². The van der Waals surface area contributed by atoms with Crippen molar-refractivity contribution in [3.05, 3.63) is 23.0 Å². The third-order valence-corrected chi connectivity index (χ3v) is 3.86. The second-order valence-electron chi connectivity index (χ2n) is 4.71. The quantitative estimate of drug-likeness (QED) is 0.827. The van der Waals surface area contributed by atoms with Gasteiger partial charge >= 0.3 is 0 Å². The lowest BCUT2D eigenvalue weighted by Gasteiger charge is -2.37. The molecule has 16 heavy (non-hydrogen) atoms. The molecule has 0 aliphatic heterocycles. The van der Waals surface area contributed by atoms with E-state index in [0.29, 0.717) is 5.02 Å². The molecule has 1 aliphatic rings. The molecule has 2 aromatic heterocycles. The van der Waals surface area contributed by atoms with E-state index in [1.165, 1.54) is 19.3 Å². The third kappa shape index (κ3) is 1.23. The monoisotopic (exact) mass is 236 g/mol. The zero-order valence-electron chi connectivity index (χ0n) is 9.07. The number of nitrogen functional groups attached to an aromatic ring is 1. The van der Waals surface area contributed by atoms with Crippen molar-refractivity contribution in [1.82, 2.24) is 14.6 Å². The number of fused-ring (bicyclic) bond motifs is 1. The first-order chi connectivity index (χ1) is 7.60. The van der Waals surface area contributed by atoms with Crippen LogP contribution in [0.15, 0.2) is 12.3 Å². The van der Waals surface area contributed by atoms with Gasteiger partial charge in [-0.3, -0.25) is 0 Å². The summed E-state index contributed by atoms with van der Waals surface area (Å²) >= 11 is 6.18. The first-order valence-corrected chi connectivity index (χ1v) is 5.78. The fraction of sp³-hybridized carbons (Fsp3) is 0.455. The van der Waals surface area contributed by atoms with Crippen LogP contribution >= 0.6 is 11.6 Å². The Bertz CT molecular complexity index is 556. The molecule has 0 unspecified atom stereocenters. The van der Waals surface area contributed by atoms with Crippen LogP contribution in [0.5, 0.6) is 0 Å². The van der Waals surface area contributed by atoms with Gasteiger partial charge in [0.25, 0.3) is 0 Å². The van der Waals surface area contributed by atoms with Crippen molar-refractivity contribution in [3.63, 3.8) is 0 Å². The van der Waals surface area contributed by atoms with Gasteiger partial charge in [0.15, 0.2) is 0 Å². The third-order valence-electron chi connectivity index (χ3n) is 3.56. The first kappa shape index (κ1) is 9.90. The van der Waals surface area contributed by atoms with Crippen LogP contribution in [0.2, 0.25) is 5.02 Å². The number of halogens is 1. The molecule has 3 rings (SSSR count). The summed E-state index contributed by atoms with van der Waals surface area (Å²) in [6.45, 7) is 2.24. The van der Waals surface area contributed by atoms with E-state index in [2.05, 4.69) is 17.0 Å². The Hall–Kier alpha value is -1.29. The number of anilines is 1. The average molecular weight is 237 g/mol. The Morgan fingerprint density at radius 3 is 2.88 bits per heavy atom. The molecule has 2 aromatic rings. The topological polar surface area (TPSA) is 56.2 Å². The Morgan fingerprint density at radius 1 is 1.50 bits per heavy atom. The molecular formula is C11H13ClN4. The molecule has 2 N–H and O–H groups in total. The smallest absolute Gasteiger partial charge is 0.238 e. The average Bonchev–Trinajstić information content (AvgIpc) is 2.52. The van der Waals surface area contributed by atoms with Gasteiger partial charge in [-0.1, -0.05) is 24.9 Å². The summed E-state index contributed by atoms with van der Waals surface area (Å²) in [6.07, 6.45) is 5.30.